The van der Waals surface area contributed by atoms with Crippen LogP contribution in [0.25, 0.3) is 0 Å². The second-order valence-electron chi connectivity index (χ2n) is 6.58. The second kappa shape index (κ2) is 9.36. The van der Waals surface area contributed by atoms with Crippen molar-refractivity contribution in [1.29, 1.82) is 0 Å². The zero-order valence-electron chi connectivity index (χ0n) is 15.2. The van der Waals surface area contributed by atoms with Crippen molar-refractivity contribution in [2.45, 2.75) is 24.9 Å². The smallest absolute Gasteiger partial charge is 0.506 e. The van der Waals surface area contributed by atoms with E-state index in [0.717, 1.165) is 17.4 Å². The Labute approximate surface area is 145 Å². The van der Waals surface area contributed by atoms with E-state index < -0.39 is 23.6 Å². The Morgan fingerprint density at radius 3 is 2.29 bits per heavy atom. The largest absolute Gasteiger partial charge is 0.550 e. The van der Waals surface area contributed by atoms with Crippen LogP contribution in [0, 0.1) is 0 Å². The van der Waals surface area contributed by atoms with Crippen molar-refractivity contribution in [3.63, 3.8) is 0 Å². The fourth-order valence-electron chi connectivity index (χ4n) is 2.20. The molecule has 1 rings (SSSR count). The third-order valence-electron chi connectivity index (χ3n) is 3.68. The van der Waals surface area contributed by atoms with Crippen LogP contribution < -0.4 is 5.11 Å². The molecule has 0 unspecified atom stereocenters. The van der Waals surface area contributed by atoms with Gasteiger partial charge in [-0.3, -0.25) is 0 Å². The molecule has 0 bridgehead atoms. The van der Waals surface area contributed by atoms with E-state index in [1.807, 2.05) is 0 Å². The molecule has 9 nitrogen and oxygen atoms in total. The van der Waals surface area contributed by atoms with Crippen LogP contribution in [0.5, 0.6) is 0 Å². The van der Waals surface area contributed by atoms with E-state index in [1.165, 1.54) is 0 Å². The lowest BCUT2D eigenvalue weighted by molar-refractivity contribution is -0.870. The van der Waals surface area contributed by atoms with Crippen LogP contribution in [0.2, 0.25) is 12.1 Å². The first-order valence-corrected chi connectivity index (χ1v) is 11.7. The zero-order valence-corrected chi connectivity index (χ0v) is 17.2. The van der Waals surface area contributed by atoms with Gasteiger partial charge >= 0.3 is 17.6 Å². The number of hydrogen-bond donors (Lipinski definition) is 0. The van der Waals surface area contributed by atoms with Crippen molar-refractivity contribution in [3.05, 3.63) is 0 Å². The van der Waals surface area contributed by atoms with Gasteiger partial charge in [-0.1, -0.05) is 0 Å². The molecule has 1 fully saturated rings. The molecule has 1 aliphatic rings. The maximum Gasteiger partial charge on any atom is 0.506 e. The Kier molecular flexibility index (Phi) is 8.45. The van der Waals surface area contributed by atoms with E-state index in [0.29, 0.717) is 6.04 Å². The number of rotatable bonds is 13. The predicted molar refractivity (Wildman–Crippen MR) is 86.4 cm³/mol. The maximum absolute atomic E-state index is 10.6. The Morgan fingerprint density at radius 2 is 1.88 bits per heavy atom. The molecule has 0 aliphatic carbocycles. The molecular formula is C13H29NO8Si2. The first-order valence-electron chi connectivity index (χ1n) is 7.82. The molecule has 0 aromatic rings. The van der Waals surface area contributed by atoms with Crippen molar-refractivity contribution in [2.24, 2.45) is 0 Å². The van der Waals surface area contributed by atoms with Crippen LogP contribution in [-0.4, -0.2) is 83.6 Å². The number of aliphatic carboxylic acids is 1. The molecule has 0 aromatic heterocycles. The van der Waals surface area contributed by atoms with Crippen molar-refractivity contribution in [1.82, 2.24) is 0 Å². The molecule has 0 spiro atoms. The van der Waals surface area contributed by atoms with Crippen molar-refractivity contribution >= 4 is 23.6 Å². The van der Waals surface area contributed by atoms with Crippen molar-refractivity contribution in [3.8, 4) is 0 Å². The van der Waals surface area contributed by atoms with Crippen LogP contribution in [0.15, 0.2) is 0 Å². The summed E-state index contributed by atoms with van der Waals surface area (Å²) >= 11 is 0. The summed E-state index contributed by atoms with van der Waals surface area (Å²) in [6, 6.07) is 0.822. The fraction of sp³-hybridized carbons (Fsp3) is 0.923. The molecule has 0 radical (unpaired) electrons. The maximum atomic E-state index is 10.6. The number of quaternary nitrogens is 1. The number of carboxylic acid groups (broad SMARTS) is 1. The summed E-state index contributed by atoms with van der Waals surface area (Å²) < 4.78 is 33.8. The Balaban J connectivity index is 2.45. The predicted octanol–water partition coefficient (Wildman–Crippen LogP) is -0.612. The highest BCUT2D eigenvalue weighted by Crippen LogP contribution is 2.26. The third kappa shape index (κ3) is 7.25. The summed E-state index contributed by atoms with van der Waals surface area (Å²) in [4.78, 5) is 10.6. The average molecular weight is 384 g/mol. The second-order valence-corrected chi connectivity index (χ2v) is 12.3. The van der Waals surface area contributed by atoms with Gasteiger partial charge in [0.05, 0.1) is 27.7 Å². The molecule has 0 N–H and O–H groups in total. The van der Waals surface area contributed by atoms with Gasteiger partial charge in [0.1, 0.15) is 13.6 Å². The van der Waals surface area contributed by atoms with Gasteiger partial charge < -0.3 is 40.9 Å². The Morgan fingerprint density at radius 1 is 1.25 bits per heavy atom. The minimum Gasteiger partial charge on any atom is -0.550 e. The molecule has 11 heteroatoms. The number of carboxylic acids is 1. The zero-order chi connectivity index (χ0) is 18.3. The average Bonchev–Trinajstić information content (AvgIpc) is 2.46. The number of carbonyl (C=O) groups is 1. The molecule has 0 saturated carbocycles. The highest BCUT2D eigenvalue weighted by atomic mass is 28.4. The van der Waals surface area contributed by atoms with Crippen molar-refractivity contribution < 1.29 is 40.9 Å². The van der Waals surface area contributed by atoms with Gasteiger partial charge in [-0.25, -0.2) is 0 Å². The van der Waals surface area contributed by atoms with E-state index in [9.17, 15) is 9.90 Å². The number of hydrogen-bond acceptors (Lipinski definition) is 8. The quantitative estimate of drug-likeness (QED) is 0.236. The molecule has 1 aliphatic heterocycles. The van der Waals surface area contributed by atoms with Crippen LogP contribution in [0.4, 0.5) is 0 Å². The molecule has 1 saturated heterocycles. The topological polar surface area (TPSA) is 95.5 Å². The monoisotopic (exact) mass is 383 g/mol. The summed E-state index contributed by atoms with van der Waals surface area (Å²) in [5.41, 5.74) is 0. The molecule has 24 heavy (non-hydrogen) atoms. The van der Waals surface area contributed by atoms with Crippen LogP contribution in [0.3, 0.4) is 0 Å². The van der Waals surface area contributed by atoms with Gasteiger partial charge in [0.25, 0.3) is 0 Å². The van der Waals surface area contributed by atoms with Gasteiger partial charge in [-0.2, -0.15) is 0 Å². The third-order valence-corrected chi connectivity index (χ3v) is 8.99. The van der Waals surface area contributed by atoms with Crippen LogP contribution >= 0.6 is 0 Å². The lowest BCUT2D eigenvalue weighted by atomic mass is 10.4. The SMILES string of the molecule is CO[Si](CCC[N+](C)(C)C)(OC)OCO[Si]1(CCC(=O)[O-])OCO1. The molecule has 0 atom stereocenters. The highest BCUT2D eigenvalue weighted by Gasteiger charge is 2.49. The summed E-state index contributed by atoms with van der Waals surface area (Å²) in [7, 11) is 3.70. The Hall–Kier alpha value is -0.376. The van der Waals surface area contributed by atoms with Gasteiger partial charge in [-0.15, -0.1) is 0 Å². The lowest BCUT2D eigenvalue weighted by Gasteiger charge is -2.38. The van der Waals surface area contributed by atoms with Gasteiger partial charge in [0, 0.05) is 38.7 Å². The van der Waals surface area contributed by atoms with Crippen LogP contribution in [0.1, 0.15) is 12.8 Å². The summed E-state index contributed by atoms with van der Waals surface area (Å²) in [6.07, 6.45) is 0.713. The fourth-order valence-corrected chi connectivity index (χ4v) is 5.83. The molecule has 0 aromatic carbocycles. The normalized spacial score (nSPS) is 17.5. The standard InChI is InChI=1S/C13H29NO8Si2/c1-14(2,3)8-6-9-23(17-4,18-5)19-11-20-24(21-12-22-24)10-7-13(15)16/h6-12H2,1-5H3. The summed E-state index contributed by atoms with van der Waals surface area (Å²) in [5.74, 6) is -1.16. The summed E-state index contributed by atoms with van der Waals surface area (Å²) in [5, 5.41) is 10.6. The highest BCUT2D eigenvalue weighted by molar-refractivity contribution is 6.63. The lowest BCUT2D eigenvalue weighted by Crippen LogP contribution is -2.57. The van der Waals surface area contributed by atoms with Crippen LogP contribution in [-0.2, 0) is 31.4 Å². The van der Waals surface area contributed by atoms with Gasteiger partial charge in [0.15, 0.2) is 0 Å². The minimum atomic E-state index is -2.93. The van der Waals surface area contributed by atoms with E-state index in [-0.39, 0.29) is 26.1 Å². The minimum absolute atomic E-state index is 0.111. The molecule has 0 amide bonds. The van der Waals surface area contributed by atoms with E-state index >= 15 is 0 Å². The number of nitrogens with zero attached hydrogens (tertiary/aromatic N) is 1. The number of carbonyl (C=O) groups excluding carboxylic acids is 1. The molecule has 142 valence electrons. The van der Waals surface area contributed by atoms with E-state index in [4.69, 9.17) is 26.6 Å². The molecule has 1 heterocycles. The molecular weight excluding hydrogens is 354 g/mol. The van der Waals surface area contributed by atoms with Gasteiger partial charge in [-0.05, 0) is 6.42 Å². The Bertz CT molecular complexity index is 396. The first-order chi connectivity index (χ1) is 11.2. The summed E-state index contributed by atoms with van der Waals surface area (Å²) in [6.45, 7) is 0.958. The first kappa shape index (κ1) is 21.7. The van der Waals surface area contributed by atoms with E-state index in [1.54, 1.807) is 14.2 Å². The van der Waals surface area contributed by atoms with Crippen molar-refractivity contribution in [2.75, 3.05) is 55.5 Å². The van der Waals surface area contributed by atoms with Gasteiger partial charge in [0.2, 0.25) is 0 Å². The van der Waals surface area contributed by atoms with E-state index in [2.05, 4.69) is 21.1 Å².